The standard InChI is InChI=1S/2C22H35NSi/c1-15(2)24(16(3)4,17(5)6)14-18-12-13-20-19-10-8-9-11-21(19)23(7)22(18)20;1-15(2)24(16(3)4,17(5)6)18-12-13-20-19-10-8-9-11-21(19)23(7)22(20)14-18/h2*8-11,15-18H,12-14H2,1-7H3. The Balaban J connectivity index is 0.000000188. The first-order chi connectivity index (χ1) is 22.6. The molecule has 2 atom stereocenters. The molecule has 2 aliphatic carbocycles. The number of hydrogen-bond acceptors (Lipinski definition) is 0. The second-order valence-corrected chi connectivity index (χ2v) is 30.2. The van der Waals surface area contributed by atoms with Gasteiger partial charge in [-0.1, -0.05) is 153 Å². The summed E-state index contributed by atoms with van der Waals surface area (Å²) in [5, 5.41) is 3.00. The largest absolute Gasteiger partial charge is 0.347 e. The Kier molecular flexibility index (Phi) is 11.1. The molecule has 0 N–H and O–H groups in total. The predicted molar refractivity (Wildman–Crippen MR) is 220 cm³/mol. The Morgan fingerprint density at radius 1 is 0.583 bits per heavy atom. The van der Waals surface area contributed by atoms with E-state index in [4.69, 9.17) is 0 Å². The Bertz CT molecular complexity index is 1610. The molecule has 4 heteroatoms. The fourth-order valence-electron chi connectivity index (χ4n) is 12.6. The highest BCUT2D eigenvalue weighted by atomic mass is 28.3. The fourth-order valence-corrected chi connectivity index (χ4v) is 27.3. The third-order valence-electron chi connectivity index (χ3n) is 14.4. The molecule has 6 rings (SSSR count). The van der Waals surface area contributed by atoms with Gasteiger partial charge in [-0.3, -0.25) is 0 Å². The van der Waals surface area contributed by atoms with Gasteiger partial charge in [0.15, 0.2) is 0 Å². The highest BCUT2D eigenvalue weighted by Crippen LogP contribution is 2.55. The maximum atomic E-state index is 2.52. The highest BCUT2D eigenvalue weighted by molar-refractivity contribution is 6.85. The third kappa shape index (κ3) is 5.93. The zero-order valence-corrected chi connectivity index (χ0v) is 35.4. The van der Waals surface area contributed by atoms with E-state index in [1.807, 2.05) is 0 Å². The first-order valence-electron chi connectivity index (χ1n) is 19.7. The second kappa shape index (κ2) is 14.3. The number of hydrogen-bond donors (Lipinski definition) is 0. The Morgan fingerprint density at radius 3 is 1.54 bits per heavy atom. The molecule has 0 aliphatic heterocycles. The van der Waals surface area contributed by atoms with Gasteiger partial charge in [0.05, 0.1) is 16.1 Å². The van der Waals surface area contributed by atoms with Crippen LogP contribution in [0, 0.1) is 0 Å². The molecule has 0 amide bonds. The molecule has 48 heavy (non-hydrogen) atoms. The number of benzene rings is 2. The molecule has 2 unspecified atom stereocenters. The van der Waals surface area contributed by atoms with Crippen LogP contribution in [0.2, 0.25) is 44.8 Å². The molecular formula is C44H70N2Si2. The van der Waals surface area contributed by atoms with Gasteiger partial charge in [0, 0.05) is 47.3 Å². The van der Waals surface area contributed by atoms with Crippen LogP contribution in [0.25, 0.3) is 21.8 Å². The SMILES string of the molecule is CC(C)[Si](C(C)C)(C(C)C)C1CCc2c(n(C)c3ccccc23)C1.CC(C)[Si](CC1CCc2c1n(C)c1ccccc21)(C(C)C)C(C)C. The second-order valence-electron chi connectivity index (χ2n) is 17.9. The van der Waals surface area contributed by atoms with E-state index in [1.54, 1.807) is 22.5 Å². The van der Waals surface area contributed by atoms with Crippen molar-refractivity contribution in [2.75, 3.05) is 0 Å². The van der Waals surface area contributed by atoms with E-state index >= 15 is 0 Å². The summed E-state index contributed by atoms with van der Waals surface area (Å²) in [6, 6.07) is 19.5. The molecule has 0 spiro atoms. The molecule has 0 saturated carbocycles. The number of para-hydroxylation sites is 2. The van der Waals surface area contributed by atoms with Crippen LogP contribution in [-0.4, -0.2) is 25.3 Å². The Morgan fingerprint density at radius 2 is 1.04 bits per heavy atom. The molecule has 2 aromatic carbocycles. The average molecular weight is 683 g/mol. The lowest BCUT2D eigenvalue weighted by atomic mass is 9.95. The topological polar surface area (TPSA) is 9.86 Å². The summed E-state index contributed by atoms with van der Waals surface area (Å²) in [6.45, 7) is 30.1. The summed E-state index contributed by atoms with van der Waals surface area (Å²) in [6.07, 6.45) is 6.63. The van der Waals surface area contributed by atoms with Gasteiger partial charge in [-0.2, -0.15) is 0 Å². The smallest absolute Gasteiger partial charge is 0.0647 e. The van der Waals surface area contributed by atoms with E-state index in [0.29, 0.717) is 0 Å². The predicted octanol–water partition coefficient (Wildman–Crippen LogP) is 13.6. The van der Waals surface area contributed by atoms with Gasteiger partial charge in [0.1, 0.15) is 0 Å². The van der Waals surface area contributed by atoms with Crippen LogP contribution in [0.15, 0.2) is 48.5 Å². The van der Waals surface area contributed by atoms with E-state index in [1.165, 1.54) is 60.0 Å². The van der Waals surface area contributed by atoms with Crippen molar-refractivity contribution in [3.8, 4) is 0 Å². The maximum absolute atomic E-state index is 2.52. The zero-order valence-electron chi connectivity index (χ0n) is 33.4. The molecular weight excluding hydrogens is 613 g/mol. The van der Waals surface area contributed by atoms with Crippen molar-refractivity contribution in [1.82, 2.24) is 9.13 Å². The van der Waals surface area contributed by atoms with E-state index < -0.39 is 16.1 Å². The Hall–Kier alpha value is -2.05. The lowest BCUT2D eigenvalue weighted by Gasteiger charge is -2.50. The van der Waals surface area contributed by atoms with Crippen LogP contribution in [0.4, 0.5) is 0 Å². The normalized spacial score (nSPS) is 18.6. The molecule has 2 aromatic heterocycles. The number of aryl methyl sites for hydroxylation is 4. The van der Waals surface area contributed by atoms with E-state index in [9.17, 15) is 0 Å². The minimum absolute atomic E-state index is 0.774. The Labute approximate surface area is 297 Å². The first-order valence-corrected chi connectivity index (χ1v) is 24.5. The number of fused-ring (bicyclic) bond motifs is 6. The average Bonchev–Trinajstić information content (AvgIpc) is 3.66. The van der Waals surface area contributed by atoms with Crippen LogP contribution in [0.1, 0.15) is 124 Å². The van der Waals surface area contributed by atoms with Crippen molar-refractivity contribution in [2.45, 2.75) is 166 Å². The van der Waals surface area contributed by atoms with Crippen molar-refractivity contribution in [3.05, 3.63) is 71.0 Å². The summed E-state index contributed by atoms with van der Waals surface area (Å²) >= 11 is 0. The molecule has 2 aliphatic rings. The van der Waals surface area contributed by atoms with Gasteiger partial charge in [0.2, 0.25) is 0 Å². The number of rotatable bonds is 9. The first kappa shape index (κ1) is 37.2. The van der Waals surface area contributed by atoms with Crippen molar-refractivity contribution < 1.29 is 0 Å². The molecule has 264 valence electrons. The summed E-state index contributed by atoms with van der Waals surface area (Å²) < 4.78 is 5.01. The summed E-state index contributed by atoms with van der Waals surface area (Å²) in [5.41, 5.74) is 15.5. The minimum Gasteiger partial charge on any atom is -0.347 e. The number of nitrogens with zero attached hydrogens (tertiary/aromatic N) is 2. The zero-order chi connectivity index (χ0) is 35.3. The van der Waals surface area contributed by atoms with Gasteiger partial charge in [-0.05, 0) is 72.9 Å². The van der Waals surface area contributed by atoms with E-state index in [2.05, 4.69) is 155 Å². The van der Waals surface area contributed by atoms with Gasteiger partial charge in [-0.25, -0.2) is 0 Å². The lowest BCUT2D eigenvalue weighted by Crippen LogP contribution is -2.50. The van der Waals surface area contributed by atoms with Crippen molar-refractivity contribution in [1.29, 1.82) is 0 Å². The maximum Gasteiger partial charge on any atom is 0.0647 e. The third-order valence-corrected chi connectivity index (χ3v) is 30.0. The molecule has 0 radical (unpaired) electrons. The number of aromatic nitrogens is 2. The summed E-state index contributed by atoms with van der Waals surface area (Å²) in [7, 11) is 1.85. The van der Waals surface area contributed by atoms with Crippen LogP contribution < -0.4 is 0 Å². The van der Waals surface area contributed by atoms with Gasteiger partial charge in [-0.15, -0.1) is 0 Å². The lowest BCUT2D eigenvalue weighted by molar-refractivity contribution is 0.593. The quantitative estimate of drug-likeness (QED) is 0.156. The monoisotopic (exact) mass is 683 g/mol. The summed E-state index contributed by atoms with van der Waals surface area (Å²) in [4.78, 5) is 0. The minimum atomic E-state index is -1.38. The molecule has 4 aromatic rings. The van der Waals surface area contributed by atoms with Crippen LogP contribution >= 0.6 is 0 Å². The van der Waals surface area contributed by atoms with Crippen LogP contribution in [0.5, 0.6) is 0 Å². The molecule has 0 bridgehead atoms. The van der Waals surface area contributed by atoms with Gasteiger partial charge >= 0.3 is 0 Å². The van der Waals surface area contributed by atoms with Crippen LogP contribution in [-0.2, 0) is 33.4 Å². The van der Waals surface area contributed by atoms with Gasteiger partial charge in [0.25, 0.3) is 0 Å². The van der Waals surface area contributed by atoms with Crippen LogP contribution in [0.3, 0.4) is 0 Å². The summed E-state index contributed by atoms with van der Waals surface area (Å²) in [5.74, 6) is 0.774. The van der Waals surface area contributed by atoms with Gasteiger partial charge < -0.3 is 9.13 Å². The molecule has 0 fully saturated rings. The highest BCUT2D eigenvalue weighted by Gasteiger charge is 2.50. The van der Waals surface area contributed by atoms with Crippen molar-refractivity contribution >= 4 is 38.0 Å². The molecule has 0 saturated heterocycles. The fraction of sp³-hybridized carbons (Fsp3) is 0.636. The van der Waals surface area contributed by atoms with Crippen molar-refractivity contribution in [3.63, 3.8) is 0 Å². The van der Waals surface area contributed by atoms with E-state index in [0.717, 1.165) is 44.7 Å². The van der Waals surface area contributed by atoms with Crippen molar-refractivity contribution in [2.24, 2.45) is 14.1 Å². The van der Waals surface area contributed by atoms with E-state index in [-0.39, 0.29) is 0 Å². The molecule has 2 nitrogen and oxygen atoms in total. The molecule has 2 heterocycles.